The predicted octanol–water partition coefficient (Wildman–Crippen LogP) is 3.18. The van der Waals surface area contributed by atoms with E-state index < -0.39 is 0 Å². The lowest BCUT2D eigenvalue weighted by molar-refractivity contribution is -0.122. The molecule has 0 radical (unpaired) electrons. The van der Waals surface area contributed by atoms with Crippen LogP contribution in [0.25, 0.3) is 0 Å². The molecule has 29 heavy (non-hydrogen) atoms. The van der Waals surface area contributed by atoms with E-state index in [0.717, 1.165) is 39.9 Å². The average Bonchev–Trinajstić information content (AvgIpc) is 2.69. The number of nitrogens with one attached hydrogen (secondary N) is 1. The van der Waals surface area contributed by atoms with Crippen LogP contribution >= 0.6 is 45.2 Å². The van der Waals surface area contributed by atoms with Crippen LogP contribution in [-0.4, -0.2) is 59.8 Å². The lowest BCUT2D eigenvalue weighted by Crippen LogP contribution is -2.48. The topological polar surface area (TPSA) is 68.2 Å². The number of aromatic hydroxyl groups is 1. The summed E-state index contributed by atoms with van der Waals surface area (Å²) in [6.07, 6.45) is 1.48. The second-order valence-corrected chi connectivity index (χ2v) is 9.56. The van der Waals surface area contributed by atoms with E-state index in [9.17, 15) is 9.90 Å². The molecule has 1 aliphatic rings. The number of rotatable bonds is 6. The molecule has 0 aliphatic carbocycles. The summed E-state index contributed by atoms with van der Waals surface area (Å²) in [7, 11) is 0. The zero-order valence-electron chi connectivity index (χ0n) is 16.2. The first kappa shape index (κ1) is 22.4. The summed E-state index contributed by atoms with van der Waals surface area (Å²) in [6.45, 7) is 6.98. The van der Waals surface area contributed by atoms with Gasteiger partial charge in [0.1, 0.15) is 5.75 Å². The van der Waals surface area contributed by atoms with Crippen LogP contribution in [0.4, 0.5) is 0 Å². The Balaban J connectivity index is 1.42. The number of benzene rings is 2. The quantitative estimate of drug-likeness (QED) is 0.297. The second-order valence-electron chi connectivity index (χ2n) is 7.16. The normalized spacial score (nSPS) is 15.7. The highest BCUT2D eigenvalue weighted by Gasteiger charge is 2.18. The molecule has 0 saturated carbocycles. The number of phenolic OH excluding ortho intramolecular Hbond substituents is 1. The molecule has 0 bridgehead atoms. The SMILES string of the molecule is Cc1ccc(CN2CCN(CC(=O)N/N=C\c3cc(I)cc(I)c3O)CC2)cc1. The molecule has 6 nitrogen and oxygen atoms in total. The summed E-state index contributed by atoms with van der Waals surface area (Å²) in [5.74, 6) is 0.0294. The standard InChI is InChI=1S/C21H24I2N4O2/c1-15-2-4-16(5-3-15)13-26-6-8-27(9-7-26)14-20(28)25-24-12-17-10-18(22)11-19(23)21(17)29/h2-5,10-12,29H,6-9,13-14H2,1H3,(H,25,28)/b24-12-. The lowest BCUT2D eigenvalue weighted by atomic mass is 10.1. The van der Waals surface area contributed by atoms with Gasteiger partial charge in [-0.15, -0.1) is 0 Å². The van der Waals surface area contributed by atoms with Crippen LogP contribution in [0.1, 0.15) is 16.7 Å². The number of halogens is 2. The average molecular weight is 618 g/mol. The monoisotopic (exact) mass is 618 g/mol. The molecule has 1 fully saturated rings. The number of hydrogen-bond donors (Lipinski definition) is 2. The maximum absolute atomic E-state index is 12.2. The maximum atomic E-state index is 12.2. The number of carbonyl (C=O) groups excluding carboxylic acids is 1. The van der Waals surface area contributed by atoms with E-state index in [1.807, 2.05) is 12.1 Å². The molecule has 1 saturated heterocycles. The minimum absolute atomic E-state index is 0.145. The molecule has 1 aliphatic heterocycles. The number of aryl methyl sites for hydroxylation is 1. The molecule has 0 aromatic heterocycles. The van der Waals surface area contributed by atoms with Gasteiger partial charge in [-0.1, -0.05) is 29.8 Å². The van der Waals surface area contributed by atoms with Crippen LogP contribution in [0.2, 0.25) is 0 Å². The van der Waals surface area contributed by atoms with Gasteiger partial charge in [0.15, 0.2) is 0 Å². The summed E-state index contributed by atoms with van der Waals surface area (Å²) in [5, 5.41) is 14.1. The molecule has 0 unspecified atom stereocenters. The molecule has 1 heterocycles. The van der Waals surface area contributed by atoms with Gasteiger partial charge in [0.25, 0.3) is 5.91 Å². The van der Waals surface area contributed by atoms with E-state index in [-0.39, 0.29) is 11.7 Å². The molecule has 8 heteroatoms. The Labute approximate surface area is 198 Å². The number of carbonyl (C=O) groups is 1. The summed E-state index contributed by atoms with van der Waals surface area (Å²) in [4.78, 5) is 16.7. The summed E-state index contributed by atoms with van der Waals surface area (Å²) in [6, 6.07) is 12.4. The van der Waals surface area contributed by atoms with Crippen LogP contribution in [0, 0.1) is 14.1 Å². The van der Waals surface area contributed by atoms with Crippen LogP contribution in [-0.2, 0) is 11.3 Å². The largest absolute Gasteiger partial charge is 0.506 e. The number of amides is 1. The van der Waals surface area contributed by atoms with Crippen molar-refractivity contribution in [3.63, 3.8) is 0 Å². The van der Waals surface area contributed by atoms with E-state index in [2.05, 4.69) is 96.7 Å². The third-order valence-electron chi connectivity index (χ3n) is 4.81. The number of hydrazone groups is 1. The minimum Gasteiger partial charge on any atom is -0.506 e. The molecule has 2 N–H and O–H groups in total. The van der Waals surface area contributed by atoms with Gasteiger partial charge in [-0.2, -0.15) is 5.10 Å². The summed E-state index contributed by atoms with van der Waals surface area (Å²) >= 11 is 4.26. The van der Waals surface area contributed by atoms with Crippen molar-refractivity contribution < 1.29 is 9.90 Å². The Morgan fingerprint density at radius 2 is 1.79 bits per heavy atom. The van der Waals surface area contributed by atoms with Gasteiger partial charge in [0.2, 0.25) is 0 Å². The predicted molar refractivity (Wildman–Crippen MR) is 132 cm³/mol. The molecular formula is C21H24I2N4O2. The fourth-order valence-corrected chi connectivity index (χ4v) is 5.04. The fraction of sp³-hybridized carbons (Fsp3) is 0.333. The van der Waals surface area contributed by atoms with Crippen molar-refractivity contribution >= 4 is 57.3 Å². The highest BCUT2D eigenvalue weighted by atomic mass is 127. The van der Waals surface area contributed by atoms with Gasteiger partial charge in [-0.05, 0) is 69.8 Å². The zero-order chi connectivity index (χ0) is 20.8. The molecule has 2 aromatic rings. The number of hydrogen-bond acceptors (Lipinski definition) is 5. The summed E-state index contributed by atoms with van der Waals surface area (Å²) in [5.41, 5.74) is 5.75. The van der Waals surface area contributed by atoms with Gasteiger partial charge in [-0.3, -0.25) is 14.6 Å². The second kappa shape index (κ2) is 10.7. The van der Waals surface area contributed by atoms with Crippen molar-refractivity contribution in [1.29, 1.82) is 0 Å². The number of phenols is 1. The van der Waals surface area contributed by atoms with E-state index in [1.54, 1.807) is 0 Å². The molecule has 2 aromatic carbocycles. The molecule has 0 spiro atoms. The highest BCUT2D eigenvalue weighted by molar-refractivity contribution is 14.1. The van der Waals surface area contributed by atoms with Crippen molar-refractivity contribution in [2.24, 2.45) is 5.10 Å². The van der Waals surface area contributed by atoms with E-state index in [4.69, 9.17) is 0 Å². The first-order valence-electron chi connectivity index (χ1n) is 9.41. The zero-order valence-corrected chi connectivity index (χ0v) is 20.6. The minimum atomic E-state index is -0.145. The third-order valence-corrected chi connectivity index (χ3v) is 6.25. The van der Waals surface area contributed by atoms with Crippen molar-refractivity contribution in [3.05, 3.63) is 60.2 Å². The van der Waals surface area contributed by atoms with Gasteiger partial charge >= 0.3 is 0 Å². The van der Waals surface area contributed by atoms with Crippen LogP contribution < -0.4 is 5.43 Å². The Kier molecular flexibility index (Phi) is 8.27. The van der Waals surface area contributed by atoms with Crippen LogP contribution in [0.5, 0.6) is 5.75 Å². The molecule has 0 atom stereocenters. The van der Waals surface area contributed by atoms with E-state index in [1.165, 1.54) is 17.3 Å². The Bertz CT molecular complexity index is 879. The van der Waals surface area contributed by atoms with E-state index in [0.29, 0.717) is 12.1 Å². The van der Waals surface area contributed by atoms with Crippen molar-refractivity contribution in [3.8, 4) is 5.75 Å². The first-order valence-corrected chi connectivity index (χ1v) is 11.6. The van der Waals surface area contributed by atoms with Gasteiger partial charge in [0, 0.05) is 41.9 Å². The summed E-state index contributed by atoms with van der Waals surface area (Å²) < 4.78 is 1.76. The molecule has 3 rings (SSSR count). The lowest BCUT2D eigenvalue weighted by Gasteiger charge is -2.34. The highest BCUT2D eigenvalue weighted by Crippen LogP contribution is 2.25. The van der Waals surface area contributed by atoms with Gasteiger partial charge in [-0.25, -0.2) is 5.43 Å². The first-order chi connectivity index (χ1) is 13.9. The van der Waals surface area contributed by atoms with Crippen molar-refractivity contribution in [2.75, 3.05) is 32.7 Å². The Hall–Kier alpha value is -1.24. The van der Waals surface area contributed by atoms with E-state index >= 15 is 0 Å². The Morgan fingerprint density at radius 1 is 1.14 bits per heavy atom. The maximum Gasteiger partial charge on any atom is 0.254 e. The smallest absolute Gasteiger partial charge is 0.254 e. The van der Waals surface area contributed by atoms with Crippen LogP contribution in [0.3, 0.4) is 0 Å². The van der Waals surface area contributed by atoms with Crippen molar-refractivity contribution in [1.82, 2.24) is 15.2 Å². The van der Waals surface area contributed by atoms with Gasteiger partial charge < -0.3 is 5.11 Å². The third kappa shape index (κ3) is 6.90. The van der Waals surface area contributed by atoms with Crippen LogP contribution in [0.15, 0.2) is 41.5 Å². The number of nitrogens with zero attached hydrogens (tertiary/aromatic N) is 3. The molecule has 154 valence electrons. The molecular weight excluding hydrogens is 594 g/mol. The van der Waals surface area contributed by atoms with Crippen molar-refractivity contribution in [2.45, 2.75) is 13.5 Å². The number of piperazine rings is 1. The molecule has 1 amide bonds. The Morgan fingerprint density at radius 3 is 2.48 bits per heavy atom. The fourth-order valence-electron chi connectivity index (χ4n) is 3.15. The van der Waals surface area contributed by atoms with Gasteiger partial charge in [0.05, 0.1) is 16.3 Å².